The van der Waals surface area contributed by atoms with E-state index in [0.29, 0.717) is 33.7 Å². The monoisotopic (exact) mass is 546 g/mol. The van der Waals surface area contributed by atoms with Gasteiger partial charge in [0.25, 0.3) is 0 Å². The van der Waals surface area contributed by atoms with E-state index in [1.54, 1.807) is 48.7 Å². The first-order chi connectivity index (χ1) is 18.2. The van der Waals surface area contributed by atoms with Crippen LogP contribution in [0.3, 0.4) is 0 Å². The number of fused-ring (bicyclic) bond motifs is 1. The van der Waals surface area contributed by atoms with Crippen LogP contribution in [0.1, 0.15) is 82.9 Å². The van der Waals surface area contributed by atoms with E-state index in [1.165, 1.54) is 11.3 Å². The molecule has 0 saturated heterocycles. The molecule has 0 saturated carbocycles. The number of Topliss-reactive ketones (excluding diaryl/α,β-unsaturated/α-hetero) is 1. The molecule has 0 radical (unpaired) electrons. The minimum Gasteiger partial charge on any atom is -0.486 e. The molecular formula is C31H34N2O5S. The molecule has 0 amide bonds. The van der Waals surface area contributed by atoms with Crippen molar-refractivity contribution in [2.75, 3.05) is 0 Å². The van der Waals surface area contributed by atoms with Gasteiger partial charge in [0.2, 0.25) is 0 Å². The van der Waals surface area contributed by atoms with Gasteiger partial charge in [-0.2, -0.15) is 0 Å². The van der Waals surface area contributed by atoms with Crippen LogP contribution in [0.15, 0.2) is 48.0 Å². The Morgan fingerprint density at radius 1 is 1.00 bits per heavy atom. The van der Waals surface area contributed by atoms with Crippen molar-refractivity contribution < 1.29 is 24.2 Å². The van der Waals surface area contributed by atoms with Crippen molar-refractivity contribution in [2.45, 2.75) is 61.5 Å². The summed E-state index contributed by atoms with van der Waals surface area (Å²) in [5, 5.41) is 12.8. The topological polar surface area (TPSA) is 98.0 Å². The molecule has 39 heavy (non-hydrogen) atoms. The zero-order valence-electron chi connectivity index (χ0n) is 23.4. The maximum atomic E-state index is 14.0. The number of carbonyl (C=O) groups excluding carboxylic acids is 2. The Morgan fingerprint density at radius 2 is 1.67 bits per heavy atom. The maximum Gasteiger partial charge on any atom is 0.309 e. The van der Waals surface area contributed by atoms with Gasteiger partial charge in [-0.25, -0.2) is 4.98 Å². The largest absolute Gasteiger partial charge is 0.486 e. The van der Waals surface area contributed by atoms with Gasteiger partial charge in [0.15, 0.2) is 11.6 Å². The quantitative estimate of drug-likeness (QED) is 0.235. The number of carbonyl (C=O) groups is 3. The van der Waals surface area contributed by atoms with Crippen LogP contribution in [0, 0.1) is 24.7 Å². The molecule has 0 aliphatic heterocycles. The summed E-state index contributed by atoms with van der Waals surface area (Å²) in [7, 11) is 0. The number of thiazole rings is 1. The average molecular weight is 547 g/mol. The van der Waals surface area contributed by atoms with Gasteiger partial charge in [0.05, 0.1) is 39.1 Å². The first-order valence-electron chi connectivity index (χ1n) is 12.8. The van der Waals surface area contributed by atoms with Crippen LogP contribution in [0.2, 0.25) is 0 Å². The van der Waals surface area contributed by atoms with Gasteiger partial charge >= 0.3 is 5.97 Å². The van der Waals surface area contributed by atoms with Gasteiger partial charge < -0.3 is 14.2 Å². The summed E-state index contributed by atoms with van der Waals surface area (Å²) >= 11 is 1.54. The number of rotatable bonds is 9. The van der Waals surface area contributed by atoms with Crippen LogP contribution < -0.4 is 4.74 Å². The van der Waals surface area contributed by atoms with Crippen LogP contribution in [0.4, 0.5) is 0 Å². The van der Waals surface area contributed by atoms with Crippen molar-refractivity contribution in [3.63, 3.8) is 0 Å². The second-order valence-corrected chi connectivity index (χ2v) is 12.7. The number of aliphatic carboxylic acids is 1. The molecule has 0 aliphatic carbocycles. The summed E-state index contributed by atoms with van der Waals surface area (Å²) in [5.74, 6) is -0.958. The molecule has 7 nitrogen and oxygen atoms in total. The number of benzene rings is 1. The average Bonchev–Trinajstić information content (AvgIpc) is 3.41. The fraction of sp³-hybridized carbons (Fsp3) is 0.355. The highest BCUT2D eigenvalue weighted by Gasteiger charge is 2.37. The Labute approximate surface area is 232 Å². The maximum absolute atomic E-state index is 14.0. The van der Waals surface area contributed by atoms with Crippen LogP contribution in [-0.4, -0.2) is 32.0 Å². The first kappa shape index (κ1) is 28.2. The number of aromatic nitrogens is 2. The molecular weight excluding hydrogens is 512 g/mol. The van der Waals surface area contributed by atoms with Crippen LogP contribution >= 0.6 is 11.3 Å². The third kappa shape index (κ3) is 5.81. The Bertz CT molecular complexity index is 1570. The number of ether oxygens (including phenoxy) is 1. The molecule has 0 unspecified atom stereocenters. The van der Waals surface area contributed by atoms with Gasteiger partial charge in [-0.15, -0.1) is 11.3 Å². The number of ketones is 2. The van der Waals surface area contributed by atoms with E-state index in [1.807, 2.05) is 52.1 Å². The van der Waals surface area contributed by atoms with Crippen molar-refractivity contribution in [1.82, 2.24) is 9.38 Å². The lowest BCUT2D eigenvalue weighted by Crippen LogP contribution is -2.29. The second-order valence-electron chi connectivity index (χ2n) is 11.6. The third-order valence-electron chi connectivity index (χ3n) is 6.69. The molecule has 0 spiro atoms. The zero-order chi connectivity index (χ0) is 28.7. The summed E-state index contributed by atoms with van der Waals surface area (Å²) in [5.41, 5.74) is 1.88. The van der Waals surface area contributed by atoms with E-state index in [0.717, 1.165) is 16.3 Å². The smallest absolute Gasteiger partial charge is 0.309 e. The summed E-state index contributed by atoms with van der Waals surface area (Å²) in [6.45, 7) is 12.8. The molecule has 0 atom stereocenters. The second kappa shape index (κ2) is 10.4. The number of carboxylic acids is 1. The standard InChI is InChI=1S/C31H34N2O5S/c1-18-8-10-20(11-9-18)27(34)25-23(14-31(6,7)29(36)37)26(28(35)30(3,4)5)33-15-22(12-13-24(25)33)38-16-21-17-39-19(2)32-21/h8-13,15,17H,14,16H2,1-7H3,(H,36,37). The van der Waals surface area contributed by atoms with Crippen molar-refractivity contribution in [3.05, 3.63) is 86.6 Å². The van der Waals surface area contributed by atoms with Crippen molar-refractivity contribution in [1.29, 1.82) is 0 Å². The zero-order valence-corrected chi connectivity index (χ0v) is 24.2. The van der Waals surface area contributed by atoms with Crippen molar-refractivity contribution >= 4 is 34.4 Å². The Kier molecular flexibility index (Phi) is 7.54. The van der Waals surface area contributed by atoms with E-state index >= 15 is 0 Å². The van der Waals surface area contributed by atoms with Crippen molar-refractivity contribution in [3.8, 4) is 5.75 Å². The lowest BCUT2D eigenvalue weighted by molar-refractivity contribution is -0.146. The number of aryl methyl sites for hydroxylation is 2. The number of nitrogens with zero attached hydrogens (tertiary/aromatic N) is 2. The van der Waals surface area contributed by atoms with Gasteiger partial charge in [-0.3, -0.25) is 14.4 Å². The molecule has 0 fully saturated rings. The molecule has 4 rings (SSSR count). The lowest BCUT2D eigenvalue weighted by atomic mass is 9.80. The molecule has 3 aromatic heterocycles. The highest BCUT2D eigenvalue weighted by Crippen LogP contribution is 2.36. The predicted molar refractivity (Wildman–Crippen MR) is 152 cm³/mol. The first-order valence-corrected chi connectivity index (χ1v) is 13.7. The van der Waals surface area contributed by atoms with Gasteiger partial charge in [0.1, 0.15) is 12.4 Å². The summed E-state index contributed by atoms with van der Waals surface area (Å²) in [6.07, 6.45) is 1.71. The summed E-state index contributed by atoms with van der Waals surface area (Å²) in [4.78, 5) is 44.6. The summed E-state index contributed by atoms with van der Waals surface area (Å²) in [6, 6.07) is 10.8. The van der Waals surface area contributed by atoms with Crippen molar-refractivity contribution in [2.24, 2.45) is 10.8 Å². The highest BCUT2D eigenvalue weighted by molar-refractivity contribution is 7.09. The molecule has 0 aliphatic rings. The number of hydrogen-bond acceptors (Lipinski definition) is 6. The van der Waals surface area contributed by atoms with Gasteiger partial charge in [-0.1, -0.05) is 50.6 Å². The van der Waals surface area contributed by atoms with Crippen LogP contribution in [-0.2, 0) is 17.8 Å². The van der Waals surface area contributed by atoms with Gasteiger partial charge in [-0.05, 0) is 51.8 Å². The Balaban J connectivity index is 1.96. The highest BCUT2D eigenvalue weighted by atomic mass is 32.1. The van der Waals surface area contributed by atoms with E-state index < -0.39 is 16.8 Å². The van der Waals surface area contributed by atoms with Gasteiger partial charge in [0, 0.05) is 16.4 Å². The number of hydrogen-bond donors (Lipinski definition) is 1. The SMILES string of the molecule is Cc1ccc(C(=O)c2c(CC(C)(C)C(=O)O)c(C(=O)C(C)(C)C)n3cc(OCc4csc(C)n4)ccc23)cc1. The Hall–Kier alpha value is -3.78. The van der Waals surface area contributed by atoms with E-state index in [4.69, 9.17) is 4.74 Å². The fourth-order valence-corrected chi connectivity index (χ4v) is 5.00. The minimum atomic E-state index is -1.22. The molecule has 3 heterocycles. The number of carboxylic acid groups (broad SMARTS) is 1. The minimum absolute atomic E-state index is 0.00237. The fourth-order valence-electron chi connectivity index (χ4n) is 4.40. The molecule has 1 N–H and O–H groups in total. The van der Waals surface area contributed by atoms with E-state index in [-0.39, 0.29) is 24.6 Å². The predicted octanol–water partition coefficient (Wildman–Crippen LogP) is 6.70. The van der Waals surface area contributed by atoms with Crippen LogP contribution in [0.5, 0.6) is 5.75 Å². The molecule has 204 valence electrons. The lowest BCUT2D eigenvalue weighted by Gasteiger charge is -2.22. The third-order valence-corrected chi connectivity index (χ3v) is 7.52. The molecule has 8 heteroatoms. The summed E-state index contributed by atoms with van der Waals surface area (Å²) < 4.78 is 7.71. The molecule has 4 aromatic rings. The van der Waals surface area contributed by atoms with Crippen LogP contribution in [0.25, 0.3) is 5.52 Å². The normalized spacial score (nSPS) is 12.1. The Morgan fingerprint density at radius 3 is 2.23 bits per heavy atom. The van der Waals surface area contributed by atoms with E-state index in [9.17, 15) is 19.5 Å². The molecule has 0 bridgehead atoms. The van der Waals surface area contributed by atoms with E-state index in [2.05, 4.69) is 4.98 Å². The molecule has 1 aromatic carbocycles. The number of pyridine rings is 1.